The summed E-state index contributed by atoms with van der Waals surface area (Å²) in [6.45, 7) is 5.41. The van der Waals surface area contributed by atoms with Crippen LogP contribution in [-0.4, -0.2) is 40.1 Å². The zero-order valence-electron chi connectivity index (χ0n) is 15.4. The predicted molar refractivity (Wildman–Crippen MR) is 105 cm³/mol. The molecule has 4 rings (SSSR count). The third kappa shape index (κ3) is 3.49. The highest BCUT2D eigenvalue weighted by Gasteiger charge is 2.25. The van der Waals surface area contributed by atoms with E-state index in [-0.39, 0.29) is 6.10 Å². The quantitative estimate of drug-likeness (QED) is 0.639. The highest BCUT2D eigenvalue weighted by atomic mass is 35.5. The van der Waals surface area contributed by atoms with Crippen molar-refractivity contribution in [2.24, 2.45) is 0 Å². The van der Waals surface area contributed by atoms with Crippen LogP contribution in [0.5, 0.6) is 5.75 Å². The average molecular weight is 385 g/mol. The number of aromatic nitrogens is 3. The first kappa shape index (κ1) is 17.8. The normalized spacial score (nSPS) is 15.3. The molecule has 0 bridgehead atoms. The van der Waals surface area contributed by atoms with E-state index in [0.717, 1.165) is 60.8 Å². The molecule has 1 saturated heterocycles. The molecular weight excluding hydrogens is 364 g/mol. The van der Waals surface area contributed by atoms with Crippen LogP contribution >= 0.6 is 11.6 Å². The minimum Gasteiger partial charge on any atom is -0.490 e. The van der Waals surface area contributed by atoms with Gasteiger partial charge in [-0.25, -0.2) is 9.50 Å². The molecule has 0 spiro atoms. The van der Waals surface area contributed by atoms with Gasteiger partial charge in [0.2, 0.25) is 0 Å². The standard InChI is InChI=1S/C20H21ClN4O2/c1-13-11-19-22-20(18(12-26)14(2)25(19)23-13)24-9-7-17(8-10-24)27-16-5-3-15(21)4-6-16/h3-6,11-12,17H,7-10H2,1-2H3. The van der Waals surface area contributed by atoms with Crippen molar-refractivity contribution in [2.75, 3.05) is 18.0 Å². The first-order valence-corrected chi connectivity index (χ1v) is 9.42. The van der Waals surface area contributed by atoms with E-state index in [1.165, 1.54) is 0 Å². The van der Waals surface area contributed by atoms with Gasteiger partial charge in [0.05, 0.1) is 17.0 Å². The first-order chi connectivity index (χ1) is 13.0. The van der Waals surface area contributed by atoms with Crippen molar-refractivity contribution in [1.82, 2.24) is 14.6 Å². The maximum atomic E-state index is 11.7. The second kappa shape index (κ2) is 7.19. The minimum absolute atomic E-state index is 0.143. The third-order valence-electron chi connectivity index (χ3n) is 4.96. The second-order valence-electron chi connectivity index (χ2n) is 6.87. The van der Waals surface area contributed by atoms with Crippen LogP contribution in [-0.2, 0) is 0 Å². The molecule has 3 aromatic rings. The Hall–Kier alpha value is -2.60. The average Bonchev–Trinajstić information content (AvgIpc) is 3.05. The van der Waals surface area contributed by atoms with Gasteiger partial charge < -0.3 is 9.64 Å². The summed E-state index contributed by atoms with van der Waals surface area (Å²) in [6, 6.07) is 9.37. The number of carbonyl (C=O) groups excluding carboxylic acids is 1. The van der Waals surface area contributed by atoms with E-state index in [9.17, 15) is 4.79 Å². The van der Waals surface area contributed by atoms with Crippen LogP contribution in [0.1, 0.15) is 34.6 Å². The van der Waals surface area contributed by atoms with Crippen LogP contribution < -0.4 is 9.64 Å². The second-order valence-corrected chi connectivity index (χ2v) is 7.30. The fraction of sp³-hybridized carbons (Fsp3) is 0.350. The van der Waals surface area contributed by atoms with Crippen LogP contribution in [0.25, 0.3) is 5.65 Å². The van der Waals surface area contributed by atoms with Gasteiger partial charge in [0.15, 0.2) is 11.9 Å². The third-order valence-corrected chi connectivity index (χ3v) is 5.21. The molecule has 1 fully saturated rings. The lowest BCUT2D eigenvalue weighted by Crippen LogP contribution is -2.39. The van der Waals surface area contributed by atoms with E-state index in [4.69, 9.17) is 21.3 Å². The van der Waals surface area contributed by atoms with E-state index in [1.54, 1.807) is 4.52 Å². The monoisotopic (exact) mass is 384 g/mol. The molecule has 3 heterocycles. The van der Waals surface area contributed by atoms with Gasteiger partial charge in [0.25, 0.3) is 0 Å². The van der Waals surface area contributed by atoms with Crippen LogP contribution in [0.2, 0.25) is 5.02 Å². The summed E-state index contributed by atoms with van der Waals surface area (Å²) < 4.78 is 7.79. The van der Waals surface area contributed by atoms with Gasteiger partial charge >= 0.3 is 0 Å². The van der Waals surface area contributed by atoms with Gasteiger partial charge in [-0.15, -0.1) is 0 Å². The highest BCUT2D eigenvalue weighted by molar-refractivity contribution is 6.30. The molecule has 0 amide bonds. The van der Waals surface area contributed by atoms with E-state index < -0.39 is 0 Å². The van der Waals surface area contributed by atoms with E-state index in [2.05, 4.69) is 10.00 Å². The van der Waals surface area contributed by atoms with Crippen molar-refractivity contribution in [3.63, 3.8) is 0 Å². The summed E-state index contributed by atoms with van der Waals surface area (Å²) in [5.74, 6) is 1.57. The number of rotatable bonds is 4. The molecular formula is C20H21ClN4O2. The Morgan fingerprint density at radius 1 is 1.19 bits per heavy atom. The number of ether oxygens (including phenoxy) is 1. The van der Waals surface area contributed by atoms with Gasteiger partial charge in [-0.1, -0.05) is 11.6 Å². The Morgan fingerprint density at radius 2 is 1.89 bits per heavy atom. The molecule has 2 aromatic heterocycles. The number of piperidine rings is 1. The molecule has 6 nitrogen and oxygen atoms in total. The van der Waals surface area contributed by atoms with E-state index >= 15 is 0 Å². The number of hydrogen-bond donors (Lipinski definition) is 0. The Kier molecular flexibility index (Phi) is 4.74. The number of aldehydes is 1. The molecule has 140 valence electrons. The number of hydrogen-bond acceptors (Lipinski definition) is 5. The molecule has 0 atom stereocenters. The Morgan fingerprint density at radius 3 is 2.56 bits per heavy atom. The molecule has 0 N–H and O–H groups in total. The van der Waals surface area contributed by atoms with Crippen LogP contribution in [0.4, 0.5) is 5.82 Å². The van der Waals surface area contributed by atoms with Crippen LogP contribution in [0.15, 0.2) is 30.3 Å². The molecule has 0 aliphatic carbocycles. The molecule has 0 unspecified atom stereocenters. The maximum Gasteiger partial charge on any atom is 0.157 e. The molecule has 7 heteroatoms. The predicted octanol–water partition coefficient (Wildman–Crippen LogP) is 3.86. The van der Waals surface area contributed by atoms with Gasteiger partial charge in [-0.2, -0.15) is 5.10 Å². The molecule has 27 heavy (non-hydrogen) atoms. The van der Waals surface area contributed by atoms with Crippen LogP contribution in [0, 0.1) is 13.8 Å². The smallest absolute Gasteiger partial charge is 0.157 e. The Balaban J connectivity index is 1.52. The van der Waals surface area contributed by atoms with E-state index in [0.29, 0.717) is 10.6 Å². The number of nitrogens with zero attached hydrogens (tertiary/aromatic N) is 4. The largest absolute Gasteiger partial charge is 0.490 e. The summed E-state index contributed by atoms with van der Waals surface area (Å²) in [6.07, 6.45) is 2.75. The fourth-order valence-corrected chi connectivity index (χ4v) is 3.65. The molecule has 1 aliphatic heterocycles. The number of carbonyl (C=O) groups is 1. The number of benzene rings is 1. The van der Waals surface area contributed by atoms with Crippen molar-refractivity contribution >= 4 is 29.4 Å². The summed E-state index contributed by atoms with van der Waals surface area (Å²) in [5, 5.41) is 5.12. The summed E-state index contributed by atoms with van der Waals surface area (Å²) in [7, 11) is 0. The zero-order valence-corrected chi connectivity index (χ0v) is 16.1. The number of halogens is 1. The number of fused-ring (bicyclic) bond motifs is 1. The van der Waals surface area contributed by atoms with Gasteiger partial charge in [-0.05, 0) is 38.1 Å². The van der Waals surface area contributed by atoms with Gasteiger partial charge in [-0.3, -0.25) is 4.79 Å². The Labute approximate surface area is 162 Å². The topological polar surface area (TPSA) is 59.7 Å². The van der Waals surface area contributed by atoms with Crippen molar-refractivity contribution < 1.29 is 9.53 Å². The Bertz CT molecular complexity index is 976. The van der Waals surface area contributed by atoms with Crippen molar-refractivity contribution in [3.8, 4) is 5.75 Å². The van der Waals surface area contributed by atoms with Gasteiger partial charge in [0.1, 0.15) is 17.7 Å². The molecule has 0 radical (unpaired) electrons. The van der Waals surface area contributed by atoms with Gasteiger partial charge in [0, 0.05) is 37.0 Å². The first-order valence-electron chi connectivity index (χ1n) is 9.04. The van der Waals surface area contributed by atoms with Crippen molar-refractivity contribution in [2.45, 2.75) is 32.8 Å². The summed E-state index contributed by atoms with van der Waals surface area (Å²) in [5.41, 5.74) is 3.07. The highest BCUT2D eigenvalue weighted by Crippen LogP contribution is 2.27. The minimum atomic E-state index is 0.143. The fourth-order valence-electron chi connectivity index (χ4n) is 3.53. The maximum absolute atomic E-state index is 11.7. The summed E-state index contributed by atoms with van der Waals surface area (Å²) in [4.78, 5) is 18.6. The number of aryl methyl sites for hydroxylation is 2. The lowest BCUT2D eigenvalue weighted by atomic mass is 10.1. The lowest BCUT2D eigenvalue weighted by molar-refractivity contribution is 0.112. The van der Waals surface area contributed by atoms with Crippen LogP contribution in [0.3, 0.4) is 0 Å². The van der Waals surface area contributed by atoms with Crippen molar-refractivity contribution in [3.05, 3.63) is 52.3 Å². The lowest BCUT2D eigenvalue weighted by Gasteiger charge is -2.33. The van der Waals surface area contributed by atoms with Crippen molar-refractivity contribution in [1.29, 1.82) is 0 Å². The van der Waals surface area contributed by atoms with E-state index in [1.807, 2.05) is 44.2 Å². The SMILES string of the molecule is Cc1cc2nc(N3CCC(Oc4ccc(Cl)cc4)CC3)c(C=O)c(C)n2n1. The molecule has 1 aliphatic rings. The number of anilines is 1. The summed E-state index contributed by atoms with van der Waals surface area (Å²) >= 11 is 5.92. The molecule has 1 aromatic carbocycles. The zero-order chi connectivity index (χ0) is 19.0. The molecule has 0 saturated carbocycles.